The van der Waals surface area contributed by atoms with Gasteiger partial charge in [0.2, 0.25) is 5.75 Å². The molecule has 0 aliphatic heterocycles. The van der Waals surface area contributed by atoms with Crippen molar-refractivity contribution in [2.75, 3.05) is 12.9 Å². The summed E-state index contributed by atoms with van der Waals surface area (Å²) in [5.74, 6) is -0.980. The van der Waals surface area contributed by atoms with Gasteiger partial charge in [-0.15, -0.1) is 0 Å². The van der Waals surface area contributed by atoms with Crippen molar-refractivity contribution in [1.29, 1.82) is 0 Å². The number of phenolic OH excluding ortho intramolecular Hbond substituents is 1. The Bertz CT molecular complexity index is 883. The van der Waals surface area contributed by atoms with Crippen LogP contribution in [0.2, 0.25) is 0 Å². The van der Waals surface area contributed by atoms with Gasteiger partial charge in [-0.3, -0.25) is 14.9 Å². The lowest BCUT2D eigenvalue weighted by Gasteiger charge is -2.05. The second-order valence-corrected chi connectivity index (χ2v) is 6.31. The number of carbonyl (C=O) groups excluding carboxylic acids is 1. The van der Waals surface area contributed by atoms with Crippen LogP contribution in [0.1, 0.15) is 17.0 Å². The lowest BCUT2D eigenvalue weighted by atomic mass is 10.2. The van der Waals surface area contributed by atoms with E-state index in [-0.39, 0.29) is 23.0 Å². The molecule has 0 bridgehead atoms. The van der Waals surface area contributed by atoms with Gasteiger partial charge in [0.1, 0.15) is 0 Å². The summed E-state index contributed by atoms with van der Waals surface area (Å²) >= 11 is 1.17. The van der Waals surface area contributed by atoms with E-state index in [0.29, 0.717) is 5.16 Å². The Labute approximate surface area is 158 Å². The Morgan fingerprint density at radius 3 is 2.63 bits per heavy atom. The van der Waals surface area contributed by atoms with Crippen molar-refractivity contribution >= 4 is 29.6 Å². The first-order chi connectivity index (χ1) is 12.8. The number of hydrazone groups is 1. The van der Waals surface area contributed by atoms with Crippen molar-refractivity contribution < 1.29 is 19.6 Å². The molecular weight excluding hydrogens is 374 g/mol. The minimum absolute atomic E-state index is 0.0548. The molecule has 0 fully saturated rings. The number of methoxy groups -OCH3 is 1. The van der Waals surface area contributed by atoms with Gasteiger partial charge in [0.05, 0.1) is 24.0 Å². The number of aromatic hydroxyl groups is 1. The second kappa shape index (κ2) is 8.94. The highest BCUT2D eigenvalue weighted by Crippen LogP contribution is 2.36. The van der Waals surface area contributed by atoms with Crippen LogP contribution in [0.15, 0.2) is 28.5 Å². The third-order valence-corrected chi connectivity index (χ3v) is 4.04. The molecule has 0 spiro atoms. The molecule has 0 saturated heterocycles. The van der Waals surface area contributed by atoms with Crippen LogP contribution in [0.4, 0.5) is 5.69 Å². The SMILES string of the molecule is COc1cc(/C=N\NC(=O)CSc2nc(C)cc(C)n2)cc([N+](=O)[O-])c1O. The van der Waals surface area contributed by atoms with E-state index in [4.69, 9.17) is 4.74 Å². The number of amides is 1. The number of nitro groups is 1. The van der Waals surface area contributed by atoms with E-state index >= 15 is 0 Å². The number of nitrogens with zero attached hydrogens (tertiary/aromatic N) is 4. The number of rotatable bonds is 7. The number of hydrogen-bond donors (Lipinski definition) is 2. The van der Waals surface area contributed by atoms with Crippen molar-refractivity contribution in [3.8, 4) is 11.5 Å². The summed E-state index contributed by atoms with van der Waals surface area (Å²) in [5.41, 5.74) is 3.69. The van der Waals surface area contributed by atoms with Crippen LogP contribution in [0.25, 0.3) is 0 Å². The molecule has 0 saturated carbocycles. The molecular formula is C16H17N5O5S. The van der Waals surface area contributed by atoms with Crippen molar-refractivity contribution in [2.24, 2.45) is 5.10 Å². The summed E-state index contributed by atoms with van der Waals surface area (Å²) in [6.45, 7) is 3.68. The highest BCUT2D eigenvalue weighted by molar-refractivity contribution is 7.99. The highest BCUT2D eigenvalue weighted by atomic mass is 32.2. The summed E-state index contributed by atoms with van der Waals surface area (Å²) in [4.78, 5) is 30.5. The van der Waals surface area contributed by atoms with E-state index in [9.17, 15) is 20.0 Å². The van der Waals surface area contributed by atoms with Gasteiger partial charge < -0.3 is 9.84 Å². The van der Waals surface area contributed by atoms with E-state index in [1.54, 1.807) is 0 Å². The number of thioether (sulfide) groups is 1. The molecule has 2 N–H and O–H groups in total. The molecule has 2 aromatic rings. The van der Waals surface area contributed by atoms with E-state index < -0.39 is 16.4 Å². The van der Waals surface area contributed by atoms with E-state index in [1.165, 1.54) is 31.2 Å². The monoisotopic (exact) mass is 391 g/mol. The number of phenols is 1. The van der Waals surface area contributed by atoms with Gasteiger partial charge >= 0.3 is 5.69 Å². The van der Waals surface area contributed by atoms with Crippen LogP contribution in [-0.2, 0) is 4.79 Å². The lowest BCUT2D eigenvalue weighted by Crippen LogP contribution is -2.19. The number of aryl methyl sites for hydroxylation is 2. The average Bonchev–Trinajstić information content (AvgIpc) is 2.60. The Morgan fingerprint density at radius 1 is 1.37 bits per heavy atom. The van der Waals surface area contributed by atoms with Crippen LogP contribution in [-0.4, -0.2) is 45.0 Å². The first kappa shape index (κ1) is 20.1. The van der Waals surface area contributed by atoms with Crippen LogP contribution < -0.4 is 10.2 Å². The van der Waals surface area contributed by atoms with Gasteiger partial charge in [0.25, 0.3) is 5.91 Å². The molecule has 142 valence electrons. The zero-order valence-corrected chi connectivity index (χ0v) is 15.6. The van der Waals surface area contributed by atoms with Crippen LogP contribution >= 0.6 is 11.8 Å². The molecule has 0 aliphatic rings. The first-order valence-corrected chi connectivity index (χ1v) is 8.61. The molecule has 11 heteroatoms. The number of nitro benzene ring substituents is 1. The van der Waals surface area contributed by atoms with Gasteiger partial charge in [0.15, 0.2) is 10.9 Å². The standard InChI is InChI=1S/C16H17N5O5S/c1-9-4-10(2)19-16(18-9)27-8-14(22)20-17-7-11-5-12(21(24)25)15(23)13(6-11)26-3/h4-7,23H,8H2,1-3H3,(H,20,22)/b17-7-. The predicted octanol–water partition coefficient (Wildman–Crippen LogP) is 1.96. The normalized spacial score (nSPS) is 10.8. The fraction of sp³-hybridized carbons (Fsp3) is 0.250. The summed E-state index contributed by atoms with van der Waals surface area (Å²) in [6, 6.07) is 4.31. The number of aromatic nitrogens is 2. The van der Waals surface area contributed by atoms with E-state index in [0.717, 1.165) is 17.5 Å². The van der Waals surface area contributed by atoms with Gasteiger partial charge in [-0.2, -0.15) is 5.10 Å². The zero-order chi connectivity index (χ0) is 20.0. The number of hydrogen-bond acceptors (Lipinski definition) is 9. The highest BCUT2D eigenvalue weighted by Gasteiger charge is 2.19. The molecule has 0 aliphatic carbocycles. The average molecular weight is 391 g/mol. The topological polar surface area (TPSA) is 140 Å². The smallest absolute Gasteiger partial charge is 0.315 e. The maximum Gasteiger partial charge on any atom is 0.315 e. The molecule has 1 amide bonds. The number of ether oxygens (including phenoxy) is 1. The molecule has 27 heavy (non-hydrogen) atoms. The maximum atomic E-state index is 11.9. The van der Waals surface area contributed by atoms with Gasteiger partial charge in [-0.25, -0.2) is 15.4 Å². The van der Waals surface area contributed by atoms with E-state index in [1.807, 2.05) is 19.9 Å². The van der Waals surface area contributed by atoms with Crippen LogP contribution in [0.5, 0.6) is 11.5 Å². The largest absolute Gasteiger partial charge is 0.500 e. The molecule has 1 aromatic carbocycles. The van der Waals surface area contributed by atoms with Crippen molar-refractivity contribution in [2.45, 2.75) is 19.0 Å². The molecule has 1 heterocycles. The van der Waals surface area contributed by atoms with Crippen LogP contribution in [0, 0.1) is 24.0 Å². The Balaban J connectivity index is 1.99. The molecule has 1 aromatic heterocycles. The summed E-state index contributed by atoms with van der Waals surface area (Å²) in [6.07, 6.45) is 1.21. The summed E-state index contributed by atoms with van der Waals surface area (Å²) in [5, 5.41) is 24.9. The third-order valence-electron chi connectivity index (χ3n) is 3.19. The first-order valence-electron chi connectivity index (χ1n) is 7.62. The fourth-order valence-corrected chi connectivity index (χ4v) is 2.82. The number of nitrogens with one attached hydrogen (secondary N) is 1. The van der Waals surface area contributed by atoms with E-state index in [2.05, 4.69) is 20.5 Å². The molecule has 0 radical (unpaired) electrons. The number of carbonyl (C=O) groups is 1. The quantitative estimate of drug-likeness (QED) is 0.240. The van der Waals surface area contributed by atoms with Crippen molar-refractivity contribution in [3.63, 3.8) is 0 Å². The maximum absolute atomic E-state index is 11.9. The molecule has 2 rings (SSSR count). The third kappa shape index (κ3) is 5.64. The Hall–Kier alpha value is -3.21. The van der Waals surface area contributed by atoms with Gasteiger partial charge in [0, 0.05) is 23.0 Å². The van der Waals surface area contributed by atoms with Gasteiger partial charge in [-0.05, 0) is 26.0 Å². The predicted molar refractivity (Wildman–Crippen MR) is 99.3 cm³/mol. The van der Waals surface area contributed by atoms with Gasteiger partial charge in [-0.1, -0.05) is 11.8 Å². The Morgan fingerprint density at radius 2 is 2.04 bits per heavy atom. The summed E-state index contributed by atoms with van der Waals surface area (Å²) < 4.78 is 4.89. The molecule has 0 atom stereocenters. The Kier molecular flexibility index (Phi) is 6.66. The van der Waals surface area contributed by atoms with Crippen molar-refractivity contribution in [1.82, 2.24) is 15.4 Å². The fourth-order valence-electron chi connectivity index (χ4n) is 2.08. The van der Waals surface area contributed by atoms with Crippen LogP contribution in [0.3, 0.4) is 0 Å². The summed E-state index contributed by atoms with van der Waals surface area (Å²) in [7, 11) is 1.27. The van der Waals surface area contributed by atoms with Crippen molar-refractivity contribution in [3.05, 3.63) is 45.3 Å². The minimum Gasteiger partial charge on any atom is -0.500 e. The second-order valence-electron chi connectivity index (χ2n) is 5.36. The minimum atomic E-state index is -0.742. The molecule has 0 unspecified atom stereocenters. The zero-order valence-electron chi connectivity index (χ0n) is 14.8. The molecule has 10 nitrogen and oxygen atoms in total. The lowest BCUT2D eigenvalue weighted by molar-refractivity contribution is -0.386. The number of benzene rings is 1.